The fourth-order valence-electron chi connectivity index (χ4n) is 2.19. The zero-order valence-corrected chi connectivity index (χ0v) is 11.9. The van der Waals surface area contributed by atoms with E-state index in [0.717, 1.165) is 28.4 Å². The molecule has 1 aromatic heterocycles. The lowest BCUT2D eigenvalue weighted by molar-refractivity contribution is 0.242. The Morgan fingerprint density at radius 3 is 2.47 bits per heavy atom. The topological polar surface area (TPSA) is 48.4 Å². The van der Waals surface area contributed by atoms with Crippen molar-refractivity contribution in [2.45, 2.75) is 39.8 Å². The largest absolute Gasteiger partial charge is 0.491 e. The van der Waals surface area contributed by atoms with Crippen molar-refractivity contribution in [1.82, 2.24) is 0 Å². The Balaban J connectivity index is 2.28. The summed E-state index contributed by atoms with van der Waals surface area (Å²) >= 11 is 0. The van der Waals surface area contributed by atoms with Crippen LogP contribution in [0, 0.1) is 13.8 Å². The van der Waals surface area contributed by atoms with Gasteiger partial charge in [-0.25, -0.2) is 0 Å². The highest BCUT2D eigenvalue weighted by atomic mass is 16.5. The third-order valence-electron chi connectivity index (χ3n) is 3.00. The third-order valence-corrected chi connectivity index (χ3v) is 3.00. The summed E-state index contributed by atoms with van der Waals surface area (Å²) < 4.78 is 11.2. The molecule has 1 atom stereocenters. The summed E-state index contributed by atoms with van der Waals surface area (Å²) in [6, 6.07) is 9.73. The lowest BCUT2D eigenvalue weighted by Crippen LogP contribution is -2.13. The van der Waals surface area contributed by atoms with E-state index in [1.807, 2.05) is 58.0 Å². The van der Waals surface area contributed by atoms with Crippen LogP contribution in [0.15, 0.2) is 34.7 Å². The Hall–Kier alpha value is -1.74. The zero-order valence-electron chi connectivity index (χ0n) is 11.9. The van der Waals surface area contributed by atoms with E-state index >= 15 is 0 Å². The van der Waals surface area contributed by atoms with E-state index in [0.29, 0.717) is 0 Å². The zero-order chi connectivity index (χ0) is 14.0. The number of aryl methyl sites for hydroxylation is 2. The van der Waals surface area contributed by atoms with E-state index in [4.69, 9.17) is 14.9 Å². The van der Waals surface area contributed by atoms with Gasteiger partial charge in [0.05, 0.1) is 12.1 Å². The van der Waals surface area contributed by atoms with Crippen LogP contribution < -0.4 is 10.5 Å². The minimum atomic E-state index is -0.187. The van der Waals surface area contributed by atoms with E-state index in [-0.39, 0.29) is 12.1 Å². The number of rotatable bonds is 4. The second-order valence-electron chi connectivity index (χ2n) is 5.09. The Morgan fingerprint density at radius 2 is 1.89 bits per heavy atom. The molecule has 0 aliphatic carbocycles. The SMILES string of the molecule is Cc1cc(C(N)c2cccc(OC(C)C)c2)c(C)o1. The molecule has 102 valence electrons. The van der Waals surface area contributed by atoms with E-state index in [1.165, 1.54) is 0 Å². The molecule has 1 aromatic carbocycles. The van der Waals surface area contributed by atoms with Gasteiger partial charge in [-0.3, -0.25) is 0 Å². The van der Waals surface area contributed by atoms with Crippen LogP contribution in [0.2, 0.25) is 0 Å². The minimum Gasteiger partial charge on any atom is -0.491 e. The molecule has 0 aliphatic heterocycles. The standard InChI is InChI=1S/C16H21NO2/c1-10(2)18-14-7-5-6-13(9-14)16(17)15-8-11(3)19-12(15)4/h5-10,16H,17H2,1-4H3. The number of hydrogen-bond donors (Lipinski definition) is 1. The lowest BCUT2D eigenvalue weighted by atomic mass is 10.00. The maximum Gasteiger partial charge on any atom is 0.120 e. The van der Waals surface area contributed by atoms with Crippen LogP contribution >= 0.6 is 0 Å². The molecule has 0 aliphatic rings. The fraction of sp³-hybridized carbons (Fsp3) is 0.375. The van der Waals surface area contributed by atoms with Gasteiger partial charge in [0, 0.05) is 5.56 Å². The number of hydrogen-bond acceptors (Lipinski definition) is 3. The van der Waals surface area contributed by atoms with Gasteiger partial charge in [0.25, 0.3) is 0 Å². The van der Waals surface area contributed by atoms with Crippen molar-refractivity contribution in [2.24, 2.45) is 5.73 Å². The number of furan rings is 1. The molecule has 1 heterocycles. The van der Waals surface area contributed by atoms with E-state index < -0.39 is 0 Å². The molecule has 1 unspecified atom stereocenters. The molecule has 0 saturated carbocycles. The molecule has 0 spiro atoms. The van der Waals surface area contributed by atoms with Gasteiger partial charge in [-0.15, -0.1) is 0 Å². The summed E-state index contributed by atoms with van der Waals surface area (Å²) in [6.45, 7) is 7.89. The maximum absolute atomic E-state index is 6.31. The third kappa shape index (κ3) is 3.18. The molecule has 0 radical (unpaired) electrons. The van der Waals surface area contributed by atoms with Crippen LogP contribution in [0.1, 0.15) is 42.5 Å². The van der Waals surface area contributed by atoms with Gasteiger partial charge in [-0.05, 0) is 51.5 Å². The molecule has 2 rings (SSSR count). The van der Waals surface area contributed by atoms with Crippen LogP contribution in [-0.2, 0) is 0 Å². The van der Waals surface area contributed by atoms with E-state index in [1.54, 1.807) is 0 Å². The Kier molecular flexibility index (Phi) is 3.96. The molecule has 19 heavy (non-hydrogen) atoms. The number of ether oxygens (including phenoxy) is 1. The van der Waals surface area contributed by atoms with Gasteiger partial charge >= 0.3 is 0 Å². The average Bonchev–Trinajstić information content (AvgIpc) is 2.67. The normalized spacial score (nSPS) is 12.7. The molecular formula is C16H21NO2. The predicted molar refractivity (Wildman–Crippen MR) is 76.4 cm³/mol. The van der Waals surface area contributed by atoms with Crippen molar-refractivity contribution in [3.63, 3.8) is 0 Å². The summed E-state index contributed by atoms with van der Waals surface area (Å²) in [5.74, 6) is 2.61. The molecule has 2 aromatic rings. The number of benzene rings is 1. The van der Waals surface area contributed by atoms with Crippen molar-refractivity contribution in [3.8, 4) is 5.75 Å². The predicted octanol–water partition coefficient (Wildman–Crippen LogP) is 3.73. The van der Waals surface area contributed by atoms with Gasteiger partial charge in [-0.2, -0.15) is 0 Å². The van der Waals surface area contributed by atoms with E-state index in [2.05, 4.69) is 0 Å². The van der Waals surface area contributed by atoms with Crippen molar-refractivity contribution in [1.29, 1.82) is 0 Å². The van der Waals surface area contributed by atoms with Gasteiger partial charge in [0.2, 0.25) is 0 Å². The van der Waals surface area contributed by atoms with Gasteiger partial charge in [0.15, 0.2) is 0 Å². The summed E-state index contributed by atoms with van der Waals surface area (Å²) in [6.07, 6.45) is 0.157. The van der Waals surface area contributed by atoms with E-state index in [9.17, 15) is 0 Å². The summed E-state index contributed by atoms with van der Waals surface area (Å²) in [5, 5.41) is 0. The Bertz CT molecular complexity index is 558. The van der Waals surface area contributed by atoms with Crippen molar-refractivity contribution >= 4 is 0 Å². The van der Waals surface area contributed by atoms with Crippen molar-refractivity contribution in [2.75, 3.05) is 0 Å². The highest BCUT2D eigenvalue weighted by Crippen LogP contribution is 2.27. The Morgan fingerprint density at radius 1 is 1.16 bits per heavy atom. The highest BCUT2D eigenvalue weighted by Gasteiger charge is 2.15. The number of nitrogens with two attached hydrogens (primary N) is 1. The first-order chi connectivity index (χ1) is 8.97. The minimum absolute atomic E-state index is 0.157. The molecule has 3 nitrogen and oxygen atoms in total. The van der Waals surface area contributed by atoms with Crippen LogP contribution in [0.4, 0.5) is 0 Å². The second-order valence-corrected chi connectivity index (χ2v) is 5.09. The van der Waals surface area contributed by atoms with Crippen LogP contribution in [0.5, 0.6) is 5.75 Å². The molecule has 0 amide bonds. The lowest BCUT2D eigenvalue weighted by Gasteiger charge is -2.14. The molecule has 2 N–H and O–H groups in total. The highest BCUT2D eigenvalue weighted by molar-refractivity contribution is 5.38. The van der Waals surface area contributed by atoms with Gasteiger partial charge < -0.3 is 14.9 Å². The quantitative estimate of drug-likeness (QED) is 0.910. The molecular weight excluding hydrogens is 238 g/mol. The maximum atomic E-state index is 6.31. The van der Waals surface area contributed by atoms with Crippen LogP contribution in [0.25, 0.3) is 0 Å². The van der Waals surface area contributed by atoms with Crippen LogP contribution in [-0.4, -0.2) is 6.10 Å². The fourth-order valence-corrected chi connectivity index (χ4v) is 2.19. The first kappa shape index (κ1) is 13.7. The van der Waals surface area contributed by atoms with Gasteiger partial charge in [-0.1, -0.05) is 12.1 Å². The second kappa shape index (κ2) is 5.49. The first-order valence-corrected chi connectivity index (χ1v) is 6.56. The summed E-state index contributed by atoms with van der Waals surface area (Å²) in [4.78, 5) is 0. The first-order valence-electron chi connectivity index (χ1n) is 6.56. The van der Waals surface area contributed by atoms with Gasteiger partial charge in [0.1, 0.15) is 17.3 Å². The smallest absolute Gasteiger partial charge is 0.120 e. The monoisotopic (exact) mass is 259 g/mol. The van der Waals surface area contributed by atoms with Crippen LogP contribution in [0.3, 0.4) is 0 Å². The average molecular weight is 259 g/mol. The molecule has 0 bridgehead atoms. The summed E-state index contributed by atoms with van der Waals surface area (Å²) in [7, 11) is 0. The molecule has 3 heteroatoms. The Labute approximate surface area is 114 Å². The van der Waals surface area contributed by atoms with Crippen molar-refractivity contribution in [3.05, 3.63) is 53.0 Å². The molecule has 0 saturated heterocycles. The molecule has 0 fully saturated rings. The summed E-state index contributed by atoms with van der Waals surface area (Å²) in [5.41, 5.74) is 8.37. The van der Waals surface area contributed by atoms with Crippen molar-refractivity contribution < 1.29 is 9.15 Å².